The maximum atomic E-state index is 13.6. The average Bonchev–Trinajstić information content (AvgIpc) is 2.33. The van der Waals surface area contributed by atoms with Crippen LogP contribution in [0.4, 0.5) is 8.78 Å². The third-order valence-corrected chi connectivity index (χ3v) is 2.81. The van der Waals surface area contributed by atoms with Gasteiger partial charge in [0.2, 0.25) is 0 Å². The Labute approximate surface area is 98.3 Å². The van der Waals surface area contributed by atoms with Gasteiger partial charge in [0.15, 0.2) is 11.6 Å². The van der Waals surface area contributed by atoms with Crippen LogP contribution in [0, 0.1) is 11.6 Å². The lowest BCUT2D eigenvalue weighted by atomic mass is 9.88. The molecule has 17 heavy (non-hydrogen) atoms. The normalized spacial score (nSPS) is 14.4. The van der Waals surface area contributed by atoms with Crippen LogP contribution in [0.25, 0.3) is 0 Å². The van der Waals surface area contributed by atoms with Gasteiger partial charge >= 0.3 is 0 Å². The molecule has 1 atom stereocenters. The molecule has 0 aliphatic carbocycles. The van der Waals surface area contributed by atoms with Crippen LogP contribution in [-0.2, 0) is 5.60 Å². The molecule has 1 N–H and O–H groups in total. The zero-order valence-corrected chi connectivity index (χ0v) is 9.32. The van der Waals surface area contributed by atoms with Crippen molar-refractivity contribution < 1.29 is 13.9 Å². The lowest BCUT2D eigenvalue weighted by Crippen LogP contribution is -2.24. The largest absolute Gasteiger partial charge is 0.381 e. The summed E-state index contributed by atoms with van der Waals surface area (Å²) < 4.78 is 26.8. The van der Waals surface area contributed by atoms with Gasteiger partial charge in [0.1, 0.15) is 5.60 Å². The molecule has 2 aromatic rings. The number of halogens is 2. The summed E-state index contributed by atoms with van der Waals surface area (Å²) in [6.45, 7) is 1.44. The molecule has 0 aliphatic heterocycles. The van der Waals surface area contributed by atoms with Crippen molar-refractivity contribution in [2.24, 2.45) is 0 Å². The van der Waals surface area contributed by atoms with Gasteiger partial charge < -0.3 is 5.11 Å². The van der Waals surface area contributed by atoms with E-state index < -0.39 is 17.2 Å². The molecular weight excluding hydrogens is 222 g/mol. The van der Waals surface area contributed by atoms with E-state index >= 15 is 0 Å². The molecule has 0 saturated carbocycles. The highest BCUT2D eigenvalue weighted by atomic mass is 19.2. The van der Waals surface area contributed by atoms with Crippen molar-refractivity contribution >= 4 is 0 Å². The minimum Gasteiger partial charge on any atom is -0.381 e. The molecule has 1 nitrogen and oxygen atoms in total. The van der Waals surface area contributed by atoms with Crippen LogP contribution in [0.3, 0.4) is 0 Å². The summed E-state index contributed by atoms with van der Waals surface area (Å²) in [6.07, 6.45) is 0. The van der Waals surface area contributed by atoms with Crippen molar-refractivity contribution in [2.75, 3.05) is 0 Å². The third kappa shape index (κ3) is 2.06. The molecule has 1 unspecified atom stereocenters. The van der Waals surface area contributed by atoms with Gasteiger partial charge in [-0.3, -0.25) is 0 Å². The van der Waals surface area contributed by atoms with Crippen molar-refractivity contribution in [2.45, 2.75) is 12.5 Å². The minimum absolute atomic E-state index is 0.0660. The maximum absolute atomic E-state index is 13.6. The number of aliphatic hydroxyl groups is 1. The van der Waals surface area contributed by atoms with E-state index in [4.69, 9.17) is 0 Å². The van der Waals surface area contributed by atoms with Gasteiger partial charge in [-0.25, -0.2) is 8.78 Å². The highest BCUT2D eigenvalue weighted by Gasteiger charge is 2.29. The van der Waals surface area contributed by atoms with Gasteiger partial charge in [0, 0.05) is 5.56 Å². The van der Waals surface area contributed by atoms with E-state index in [0.29, 0.717) is 5.56 Å². The minimum atomic E-state index is -1.55. The summed E-state index contributed by atoms with van der Waals surface area (Å²) in [4.78, 5) is 0. The molecule has 0 aliphatic rings. The summed E-state index contributed by atoms with van der Waals surface area (Å²) >= 11 is 0. The second kappa shape index (κ2) is 4.26. The molecule has 0 radical (unpaired) electrons. The van der Waals surface area contributed by atoms with Crippen LogP contribution in [0.1, 0.15) is 18.1 Å². The van der Waals surface area contributed by atoms with Crippen LogP contribution in [0.15, 0.2) is 48.5 Å². The Hall–Kier alpha value is -1.74. The topological polar surface area (TPSA) is 20.2 Å². The highest BCUT2D eigenvalue weighted by molar-refractivity contribution is 5.36. The van der Waals surface area contributed by atoms with E-state index in [1.54, 1.807) is 30.3 Å². The second-order valence-corrected chi connectivity index (χ2v) is 4.04. The van der Waals surface area contributed by atoms with E-state index in [1.807, 2.05) is 0 Å². The van der Waals surface area contributed by atoms with Crippen LogP contribution in [-0.4, -0.2) is 5.11 Å². The van der Waals surface area contributed by atoms with E-state index in [2.05, 4.69) is 0 Å². The van der Waals surface area contributed by atoms with Crippen molar-refractivity contribution in [3.63, 3.8) is 0 Å². The maximum Gasteiger partial charge on any atom is 0.165 e. The number of rotatable bonds is 2. The molecule has 0 heterocycles. The first-order chi connectivity index (χ1) is 8.03. The molecule has 0 amide bonds. The molecule has 3 heteroatoms. The zero-order valence-electron chi connectivity index (χ0n) is 9.32. The molecule has 88 valence electrons. The second-order valence-electron chi connectivity index (χ2n) is 4.04. The fourth-order valence-corrected chi connectivity index (χ4v) is 1.80. The molecule has 0 bridgehead atoms. The van der Waals surface area contributed by atoms with Gasteiger partial charge in [-0.2, -0.15) is 0 Å². The van der Waals surface area contributed by atoms with Gasteiger partial charge in [0.25, 0.3) is 0 Å². The highest BCUT2D eigenvalue weighted by Crippen LogP contribution is 2.31. The standard InChI is InChI=1S/C14H12F2O/c1-14(17,10-6-3-2-4-7-10)11-8-5-9-12(15)13(11)16/h2-9,17H,1H3. The third-order valence-electron chi connectivity index (χ3n) is 2.81. The van der Waals surface area contributed by atoms with Gasteiger partial charge in [-0.05, 0) is 18.6 Å². The lowest BCUT2D eigenvalue weighted by molar-refractivity contribution is 0.0970. The van der Waals surface area contributed by atoms with E-state index in [9.17, 15) is 13.9 Å². The molecule has 0 aromatic heterocycles. The summed E-state index contributed by atoms with van der Waals surface area (Å²) in [5.41, 5.74) is -1.10. The predicted molar refractivity (Wildman–Crippen MR) is 61.5 cm³/mol. The molecule has 2 aromatic carbocycles. The van der Waals surface area contributed by atoms with Crippen molar-refractivity contribution in [3.05, 3.63) is 71.3 Å². The van der Waals surface area contributed by atoms with Crippen LogP contribution >= 0.6 is 0 Å². The van der Waals surface area contributed by atoms with Gasteiger partial charge in [0.05, 0.1) is 0 Å². The Morgan fingerprint density at radius 1 is 0.941 bits per heavy atom. The SMILES string of the molecule is CC(O)(c1ccccc1)c1cccc(F)c1F. The van der Waals surface area contributed by atoms with Crippen molar-refractivity contribution in [3.8, 4) is 0 Å². The summed E-state index contributed by atoms with van der Waals surface area (Å²) in [7, 11) is 0. The zero-order chi connectivity index (χ0) is 12.5. The monoisotopic (exact) mass is 234 g/mol. The number of hydrogen-bond donors (Lipinski definition) is 1. The van der Waals surface area contributed by atoms with E-state index in [-0.39, 0.29) is 5.56 Å². The fourth-order valence-electron chi connectivity index (χ4n) is 1.80. The molecule has 0 fully saturated rings. The van der Waals surface area contributed by atoms with Gasteiger partial charge in [-0.15, -0.1) is 0 Å². The number of hydrogen-bond acceptors (Lipinski definition) is 1. The van der Waals surface area contributed by atoms with E-state index in [0.717, 1.165) is 6.07 Å². The molecular formula is C14H12F2O. The first-order valence-corrected chi connectivity index (χ1v) is 5.26. The first-order valence-electron chi connectivity index (χ1n) is 5.26. The average molecular weight is 234 g/mol. The van der Waals surface area contributed by atoms with Crippen molar-refractivity contribution in [1.82, 2.24) is 0 Å². The Balaban J connectivity index is 2.56. The summed E-state index contributed by atoms with van der Waals surface area (Å²) in [5.74, 6) is -1.97. The Bertz CT molecular complexity index is 521. The summed E-state index contributed by atoms with van der Waals surface area (Å²) in [6, 6.07) is 12.4. The number of benzene rings is 2. The Kier molecular flexibility index (Phi) is 2.94. The van der Waals surface area contributed by atoms with Crippen LogP contribution in [0.5, 0.6) is 0 Å². The van der Waals surface area contributed by atoms with Crippen LogP contribution in [0.2, 0.25) is 0 Å². The molecule has 0 saturated heterocycles. The quantitative estimate of drug-likeness (QED) is 0.845. The smallest absolute Gasteiger partial charge is 0.165 e. The van der Waals surface area contributed by atoms with Crippen LogP contribution < -0.4 is 0 Å². The van der Waals surface area contributed by atoms with Crippen molar-refractivity contribution in [1.29, 1.82) is 0 Å². The molecule has 0 spiro atoms. The van der Waals surface area contributed by atoms with E-state index in [1.165, 1.54) is 19.1 Å². The van der Waals surface area contributed by atoms with Gasteiger partial charge in [-0.1, -0.05) is 42.5 Å². The first kappa shape index (κ1) is 11.7. The fraction of sp³-hybridized carbons (Fsp3) is 0.143. The molecule has 2 rings (SSSR count). The summed E-state index contributed by atoms with van der Waals surface area (Å²) in [5, 5.41) is 10.4. The Morgan fingerprint density at radius 3 is 2.24 bits per heavy atom. The predicted octanol–water partition coefficient (Wildman–Crippen LogP) is 3.22. The lowest BCUT2D eigenvalue weighted by Gasteiger charge is -2.25. The Morgan fingerprint density at radius 2 is 1.59 bits per heavy atom.